The fourth-order valence-electron chi connectivity index (χ4n) is 3.23. The molecule has 0 amide bonds. The summed E-state index contributed by atoms with van der Waals surface area (Å²) >= 11 is 0. The van der Waals surface area contributed by atoms with Crippen molar-refractivity contribution in [1.82, 2.24) is 4.90 Å². The Morgan fingerprint density at radius 2 is 1.80 bits per heavy atom. The Morgan fingerprint density at radius 1 is 1.20 bits per heavy atom. The summed E-state index contributed by atoms with van der Waals surface area (Å²) in [4.78, 5) is 2.53. The highest BCUT2D eigenvalue weighted by molar-refractivity contribution is 5.40. The lowest BCUT2D eigenvalue weighted by Crippen LogP contribution is -2.34. The highest BCUT2D eigenvalue weighted by atomic mass is 15.1. The highest BCUT2D eigenvalue weighted by Gasteiger charge is 2.36. The standard InChI is InChI=1S/C14H17N/c1-2-7-15-9-11-8-12(10-15)14-6-4-3-5-13(11)14/h2-6,11-12H,1,7-10H2/t11-,12+. The summed E-state index contributed by atoms with van der Waals surface area (Å²) in [6.45, 7) is 7.32. The van der Waals surface area contributed by atoms with Gasteiger partial charge in [-0.1, -0.05) is 30.3 Å². The van der Waals surface area contributed by atoms with E-state index in [1.165, 1.54) is 19.5 Å². The lowest BCUT2D eigenvalue weighted by Gasteiger charge is -2.31. The molecule has 0 N–H and O–H groups in total. The van der Waals surface area contributed by atoms with Crippen LogP contribution in [0.25, 0.3) is 0 Å². The zero-order chi connectivity index (χ0) is 10.3. The Bertz CT molecular complexity index is 352. The molecule has 1 nitrogen and oxygen atoms in total. The van der Waals surface area contributed by atoms with Gasteiger partial charge < -0.3 is 0 Å². The fraction of sp³-hybridized carbons (Fsp3) is 0.429. The van der Waals surface area contributed by atoms with Crippen molar-refractivity contribution in [3.63, 3.8) is 0 Å². The SMILES string of the molecule is C=CCN1C[C@H]2C[C@@H](C1)c1ccccc12. The Labute approximate surface area is 91.4 Å². The van der Waals surface area contributed by atoms with Gasteiger partial charge in [-0.2, -0.15) is 0 Å². The molecule has 1 fully saturated rings. The van der Waals surface area contributed by atoms with Crippen LogP contribution in [0.4, 0.5) is 0 Å². The second kappa shape index (κ2) is 3.49. The molecule has 78 valence electrons. The molecule has 1 aromatic rings. The molecule has 1 heteroatoms. The first kappa shape index (κ1) is 9.17. The lowest BCUT2D eigenvalue weighted by molar-refractivity contribution is 0.223. The molecular formula is C14H17N. The van der Waals surface area contributed by atoms with E-state index in [1.807, 2.05) is 6.08 Å². The summed E-state index contributed by atoms with van der Waals surface area (Å²) in [5.41, 5.74) is 3.21. The summed E-state index contributed by atoms with van der Waals surface area (Å²) in [7, 11) is 0. The molecular weight excluding hydrogens is 182 g/mol. The molecule has 2 atom stereocenters. The number of fused-ring (bicyclic) bond motifs is 5. The van der Waals surface area contributed by atoms with Crippen molar-refractivity contribution in [2.24, 2.45) is 0 Å². The average Bonchev–Trinajstić information content (AvgIpc) is 2.53. The number of rotatable bonds is 2. The van der Waals surface area contributed by atoms with Crippen LogP contribution in [0.3, 0.4) is 0 Å². The third-order valence-electron chi connectivity index (χ3n) is 3.79. The quantitative estimate of drug-likeness (QED) is 0.662. The van der Waals surface area contributed by atoms with E-state index >= 15 is 0 Å². The van der Waals surface area contributed by atoms with Gasteiger partial charge in [-0.15, -0.1) is 6.58 Å². The monoisotopic (exact) mass is 199 g/mol. The maximum absolute atomic E-state index is 3.83. The van der Waals surface area contributed by atoms with Crippen LogP contribution in [0.1, 0.15) is 29.4 Å². The molecule has 1 aliphatic heterocycles. The molecule has 1 saturated heterocycles. The molecule has 1 aliphatic carbocycles. The van der Waals surface area contributed by atoms with E-state index in [9.17, 15) is 0 Å². The second-order valence-corrected chi connectivity index (χ2v) is 4.77. The van der Waals surface area contributed by atoms with Gasteiger partial charge in [0.1, 0.15) is 0 Å². The number of hydrogen-bond donors (Lipinski definition) is 0. The van der Waals surface area contributed by atoms with Crippen LogP contribution >= 0.6 is 0 Å². The Hall–Kier alpha value is -1.08. The van der Waals surface area contributed by atoms with E-state index in [2.05, 4.69) is 35.7 Å². The van der Waals surface area contributed by atoms with E-state index in [0.717, 1.165) is 18.4 Å². The van der Waals surface area contributed by atoms with Crippen LogP contribution in [0.2, 0.25) is 0 Å². The Kier molecular flexibility index (Phi) is 2.14. The molecule has 0 aromatic heterocycles. The van der Waals surface area contributed by atoms with Crippen molar-refractivity contribution in [2.45, 2.75) is 18.3 Å². The summed E-state index contributed by atoms with van der Waals surface area (Å²) in [5, 5.41) is 0. The first-order valence-electron chi connectivity index (χ1n) is 5.80. The minimum atomic E-state index is 0.778. The lowest BCUT2D eigenvalue weighted by atomic mass is 9.96. The van der Waals surface area contributed by atoms with Crippen LogP contribution in [0.15, 0.2) is 36.9 Å². The summed E-state index contributed by atoms with van der Waals surface area (Å²) in [5.74, 6) is 1.56. The number of piperidine rings is 1. The smallest absolute Gasteiger partial charge is 0.0161 e. The maximum atomic E-state index is 3.83. The van der Waals surface area contributed by atoms with Crippen molar-refractivity contribution in [2.75, 3.05) is 19.6 Å². The normalized spacial score (nSPS) is 28.8. The van der Waals surface area contributed by atoms with Crippen molar-refractivity contribution in [3.05, 3.63) is 48.0 Å². The van der Waals surface area contributed by atoms with Crippen molar-refractivity contribution in [3.8, 4) is 0 Å². The first-order chi connectivity index (χ1) is 7.38. The fourth-order valence-corrected chi connectivity index (χ4v) is 3.23. The van der Waals surface area contributed by atoms with E-state index < -0.39 is 0 Å². The zero-order valence-corrected chi connectivity index (χ0v) is 9.02. The van der Waals surface area contributed by atoms with Gasteiger partial charge in [-0.05, 0) is 29.4 Å². The van der Waals surface area contributed by atoms with Gasteiger partial charge in [0.15, 0.2) is 0 Å². The molecule has 0 spiro atoms. The molecule has 2 bridgehead atoms. The maximum Gasteiger partial charge on any atom is 0.0161 e. The molecule has 0 saturated carbocycles. The predicted molar refractivity (Wildman–Crippen MR) is 63.2 cm³/mol. The molecule has 1 aromatic carbocycles. The highest BCUT2D eigenvalue weighted by Crippen LogP contribution is 2.45. The summed E-state index contributed by atoms with van der Waals surface area (Å²) in [6, 6.07) is 8.99. The largest absolute Gasteiger partial charge is 0.298 e. The first-order valence-corrected chi connectivity index (χ1v) is 5.80. The number of benzene rings is 1. The van der Waals surface area contributed by atoms with Gasteiger partial charge >= 0.3 is 0 Å². The number of nitrogens with zero attached hydrogens (tertiary/aromatic N) is 1. The van der Waals surface area contributed by atoms with Gasteiger partial charge in [-0.3, -0.25) is 4.90 Å². The van der Waals surface area contributed by atoms with Crippen molar-refractivity contribution < 1.29 is 0 Å². The van der Waals surface area contributed by atoms with Gasteiger partial charge in [0.2, 0.25) is 0 Å². The zero-order valence-electron chi connectivity index (χ0n) is 9.02. The van der Waals surface area contributed by atoms with E-state index in [1.54, 1.807) is 11.1 Å². The minimum Gasteiger partial charge on any atom is -0.298 e. The third-order valence-corrected chi connectivity index (χ3v) is 3.79. The van der Waals surface area contributed by atoms with Gasteiger partial charge in [0.05, 0.1) is 0 Å². The van der Waals surface area contributed by atoms with Crippen LogP contribution < -0.4 is 0 Å². The van der Waals surface area contributed by atoms with E-state index in [0.29, 0.717) is 0 Å². The van der Waals surface area contributed by atoms with Crippen LogP contribution in [-0.2, 0) is 0 Å². The minimum absolute atomic E-state index is 0.778. The molecule has 15 heavy (non-hydrogen) atoms. The van der Waals surface area contributed by atoms with Crippen molar-refractivity contribution >= 4 is 0 Å². The molecule has 0 unspecified atom stereocenters. The summed E-state index contributed by atoms with van der Waals surface area (Å²) in [6.07, 6.45) is 3.39. The third kappa shape index (κ3) is 1.42. The Balaban J connectivity index is 1.91. The van der Waals surface area contributed by atoms with Crippen LogP contribution in [0, 0.1) is 0 Å². The van der Waals surface area contributed by atoms with Gasteiger partial charge in [0, 0.05) is 19.6 Å². The van der Waals surface area contributed by atoms with Crippen LogP contribution in [-0.4, -0.2) is 24.5 Å². The number of likely N-dealkylation sites (tertiary alicyclic amines) is 1. The summed E-state index contributed by atoms with van der Waals surface area (Å²) < 4.78 is 0. The molecule has 0 radical (unpaired) electrons. The van der Waals surface area contributed by atoms with Crippen molar-refractivity contribution in [1.29, 1.82) is 0 Å². The molecule has 1 heterocycles. The number of hydrogen-bond acceptors (Lipinski definition) is 1. The van der Waals surface area contributed by atoms with Gasteiger partial charge in [-0.25, -0.2) is 0 Å². The Morgan fingerprint density at radius 3 is 2.33 bits per heavy atom. The molecule has 2 aliphatic rings. The second-order valence-electron chi connectivity index (χ2n) is 4.77. The van der Waals surface area contributed by atoms with Crippen LogP contribution in [0.5, 0.6) is 0 Å². The van der Waals surface area contributed by atoms with Gasteiger partial charge in [0.25, 0.3) is 0 Å². The van der Waals surface area contributed by atoms with E-state index in [4.69, 9.17) is 0 Å². The molecule has 3 rings (SSSR count). The predicted octanol–water partition coefficient (Wildman–Crippen LogP) is 2.76. The van der Waals surface area contributed by atoms with E-state index in [-0.39, 0.29) is 0 Å². The average molecular weight is 199 g/mol. The topological polar surface area (TPSA) is 3.24 Å².